The Hall–Kier alpha value is -1.43. The molecule has 1 aromatic heterocycles. The van der Waals surface area contributed by atoms with Gasteiger partial charge in [-0.2, -0.15) is 5.10 Å². The van der Waals surface area contributed by atoms with Gasteiger partial charge in [0.05, 0.1) is 12.1 Å². The van der Waals surface area contributed by atoms with Crippen LogP contribution in [-0.2, 0) is 17.7 Å². The third-order valence-electron chi connectivity index (χ3n) is 4.27. The Balaban J connectivity index is 1.91. The molecule has 1 N–H and O–H groups in total. The quantitative estimate of drug-likeness (QED) is 0.887. The lowest BCUT2D eigenvalue weighted by molar-refractivity contribution is -0.122. The zero-order valence-corrected chi connectivity index (χ0v) is 12.6. The zero-order chi connectivity index (χ0) is 14.9. The summed E-state index contributed by atoms with van der Waals surface area (Å²) in [5, 5.41) is 16.0. The maximum Gasteiger partial charge on any atom is 0.137 e. The predicted molar refractivity (Wildman–Crippen MR) is 79.1 cm³/mol. The normalized spacial score (nSPS) is 19.2. The molecule has 1 aliphatic carbocycles. The number of aliphatic hydroxyl groups is 1. The number of hydrogen-bond donors (Lipinski definition) is 1. The molecule has 1 saturated carbocycles. The number of nitrogens with zero attached hydrogens (tertiary/aromatic N) is 3. The monoisotopic (exact) mass is 307 g/mol. The molecule has 6 heteroatoms. The molecule has 5 nitrogen and oxygen atoms in total. The minimum absolute atomic E-state index is 0.325. The second-order valence-corrected chi connectivity index (χ2v) is 6.00. The highest BCUT2D eigenvalue weighted by Crippen LogP contribution is 2.50. The Morgan fingerprint density at radius 1 is 1.43 bits per heavy atom. The Labute approximate surface area is 128 Å². The van der Waals surface area contributed by atoms with Gasteiger partial charge in [-0.3, -0.25) is 0 Å². The van der Waals surface area contributed by atoms with E-state index in [0.29, 0.717) is 18.0 Å². The number of methoxy groups -OCH3 is 1. The fourth-order valence-corrected chi connectivity index (χ4v) is 3.08. The van der Waals surface area contributed by atoms with E-state index in [9.17, 15) is 5.11 Å². The molecule has 0 radical (unpaired) electrons. The lowest BCUT2D eigenvalue weighted by atomic mass is 9.86. The first kappa shape index (κ1) is 14.5. The molecular weight excluding hydrogens is 290 g/mol. The zero-order valence-electron chi connectivity index (χ0n) is 11.9. The number of benzene rings is 1. The number of rotatable bonds is 6. The minimum atomic E-state index is -1.07. The fourth-order valence-electron chi connectivity index (χ4n) is 2.87. The highest BCUT2D eigenvalue weighted by Gasteiger charge is 2.59. The van der Waals surface area contributed by atoms with Crippen LogP contribution in [0.1, 0.15) is 18.4 Å². The van der Waals surface area contributed by atoms with Crippen LogP contribution in [0, 0.1) is 0 Å². The summed E-state index contributed by atoms with van der Waals surface area (Å²) in [6.45, 7) is 0.325. The van der Waals surface area contributed by atoms with Gasteiger partial charge in [0.15, 0.2) is 0 Å². The first-order valence-electron chi connectivity index (χ1n) is 6.92. The van der Waals surface area contributed by atoms with Gasteiger partial charge in [-0.05, 0) is 24.5 Å². The highest BCUT2D eigenvalue weighted by molar-refractivity contribution is 6.31. The maximum absolute atomic E-state index is 11.3. The molecule has 21 heavy (non-hydrogen) atoms. The smallest absolute Gasteiger partial charge is 0.137 e. The topological polar surface area (TPSA) is 60.2 Å². The van der Waals surface area contributed by atoms with Gasteiger partial charge in [0.1, 0.15) is 18.3 Å². The molecule has 0 saturated heterocycles. The van der Waals surface area contributed by atoms with E-state index in [0.717, 1.165) is 18.4 Å². The van der Waals surface area contributed by atoms with Crippen molar-refractivity contribution in [3.63, 3.8) is 0 Å². The molecule has 1 unspecified atom stereocenters. The van der Waals surface area contributed by atoms with Crippen LogP contribution in [0.5, 0.6) is 0 Å². The molecule has 1 aromatic carbocycles. The second-order valence-electron chi connectivity index (χ2n) is 5.59. The SMILES string of the molecule is COC1(C(O)(Cc2ccccc2Cl)Cn2cncn2)CC1. The highest BCUT2D eigenvalue weighted by atomic mass is 35.5. The van der Waals surface area contributed by atoms with Crippen molar-refractivity contribution in [2.24, 2.45) is 0 Å². The van der Waals surface area contributed by atoms with E-state index in [4.69, 9.17) is 16.3 Å². The van der Waals surface area contributed by atoms with Crippen molar-refractivity contribution < 1.29 is 9.84 Å². The number of ether oxygens (including phenoxy) is 1. The summed E-state index contributed by atoms with van der Waals surface area (Å²) in [6.07, 6.45) is 5.14. The molecule has 1 fully saturated rings. The van der Waals surface area contributed by atoms with Gasteiger partial charge >= 0.3 is 0 Å². The van der Waals surface area contributed by atoms with Gasteiger partial charge in [-0.15, -0.1) is 0 Å². The van der Waals surface area contributed by atoms with E-state index in [2.05, 4.69) is 10.1 Å². The van der Waals surface area contributed by atoms with Gasteiger partial charge in [0.2, 0.25) is 0 Å². The van der Waals surface area contributed by atoms with Crippen LogP contribution in [0.15, 0.2) is 36.9 Å². The second kappa shape index (κ2) is 5.40. The summed E-state index contributed by atoms with van der Waals surface area (Å²) in [6, 6.07) is 7.56. The fraction of sp³-hybridized carbons (Fsp3) is 0.467. The lowest BCUT2D eigenvalue weighted by Gasteiger charge is -2.36. The molecule has 0 aliphatic heterocycles. The van der Waals surface area contributed by atoms with Crippen molar-refractivity contribution in [3.05, 3.63) is 47.5 Å². The van der Waals surface area contributed by atoms with Crippen molar-refractivity contribution in [1.82, 2.24) is 14.8 Å². The first-order chi connectivity index (χ1) is 10.1. The summed E-state index contributed by atoms with van der Waals surface area (Å²) >= 11 is 6.24. The third kappa shape index (κ3) is 2.69. The van der Waals surface area contributed by atoms with Crippen molar-refractivity contribution in [3.8, 4) is 0 Å². The average molecular weight is 308 g/mol. The van der Waals surface area contributed by atoms with Gasteiger partial charge < -0.3 is 9.84 Å². The minimum Gasteiger partial charge on any atom is -0.385 e. The van der Waals surface area contributed by atoms with Crippen LogP contribution >= 0.6 is 11.6 Å². The van der Waals surface area contributed by atoms with Gasteiger partial charge in [0.25, 0.3) is 0 Å². The molecule has 1 heterocycles. The van der Waals surface area contributed by atoms with Crippen LogP contribution in [0.25, 0.3) is 0 Å². The summed E-state index contributed by atoms with van der Waals surface area (Å²) in [5.41, 5.74) is -0.691. The van der Waals surface area contributed by atoms with E-state index < -0.39 is 11.2 Å². The van der Waals surface area contributed by atoms with E-state index >= 15 is 0 Å². The van der Waals surface area contributed by atoms with E-state index in [1.807, 2.05) is 24.3 Å². The van der Waals surface area contributed by atoms with Crippen LogP contribution < -0.4 is 0 Å². The van der Waals surface area contributed by atoms with Crippen molar-refractivity contribution in [2.75, 3.05) is 7.11 Å². The molecule has 0 bridgehead atoms. The maximum atomic E-state index is 11.3. The van der Waals surface area contributed by atoms with Crippen molar-refractivity contribution in [2.45, 2.75) is 37.0 Å². The molecule has 0 amide bonds. The van der Waals surface area contributed by atoms with Gasteiger partial charge in [-0.25, -0.2) is 9.67 Å². The Morgan fingerprint density at radius 2 is 2.19 bits per heavy atom. The van der Waals surface area contributed by atoms with Gasteiger partial charge in [0, 0.05) is 18.6 Å². The van der Waals surface area contributed by atoms with Crippen molar-refractivity contribution >= 4 is 11.6 Å². The largest absolute Gasteiger partial charge is 0.385 e. The Morgan fingerprint density at radius 3 is 2.76 bits per heavy atom. The number of aromatic nitrogens is 3. The molecule has 0 spiro atoms. The van der Waals surface area contributed by atoms with Gasteiger partial charge in [-0.1, -0.05) is 29.8 Å². The lowest BCUT2D eigenvalue weighted by Crippen LogP contribution is -2.51. The molecule has 112 valence electrons. The first-order valence-corrected chi connectivity index (χ1v) is 7.30. The molecule has 3 rings (SSSR count). The summed E-state index contributed by atoms with van der Waals surface area (Å²) in [4.78, 5) is 3.93. The van der Waals surface area contributed by atoms with E-state index in [1.54, 1.807) is 18.1 Å². The third-order valence-corrected chi connectivity index (χ3v) is 4.64. The van der Waals surface area contributed by atoms with Crippen LogP contribution in [0.3, 0.4) is 0 Å². The summed E-state index contributed by atoms with van der Waals surface area (Å²) in [7, 11) is 1.64. The van der Waals surface area contributed by atoms with E-state index in [1.165, 1.54) is 6.33 Å². The molecule has 2 aromatic rings. The number of hydrogen-bond acceptors (Lipinski definition) is 4. The van der Waals surface area contributed by atoms with Crippen LogP contribution in [0.4, 0.5) is 0 Å². The standard InChI is InChI=1S/C15H18ClN3O2/c1-21-15(6-7-15)14(20,9-19-11-17-10-18-19)8-12-4-2-3-5-13(12)16/h2-5,10-11,20H,6-9H2,1H3. The molecular formula is C15H18ClN3O2. The summed E-state index contributed by atoms with van der Waals surface area (Å²) < 4.78 is 7.26. The van der Waals surface area contributed by atoms with Crippen molar-refractivity contribution in [1.29, 1.82) is 0 Å². The Bertz CT molecular complexity index is 613. The predicted octanol–water partition coefficient (Wildman–Crippen LogP) is 2.08. The summed E-state index contributed by atoms with van der Waals surface area (Å²) in [5.74, 6) is 0. The van der Waals surface area contributed by atoms with E-state index in [-0.39, 0.29) is 0 Å². The molecule has 1 aliphatic rings. The Kier molecular flexibility index (Phi) is 3.73. The van der Waals surface area contributed by atoms with Crippen LogP contribution in [0.2, 0.25) is 5.02 Å². The molecule has 1 atom stereocenters. The number of halogens is 1. The van der Waals surface area contributed by atoms with Crippen LogP contribution in [-0.4, -0.2) is 38.2 Å². The average Bonchev–Trinajstić information content (AvgIpc) is 3.14.